The largest absolute Gasteiger partial charge is 0.416 e. The summed E-state index contributed by atoms with van der Waals surface area (Å²) in [6, 6.07) is 11.8. The number of halogens is 4. The monoisotopic (exact) mass is 417 g/mol. The Hall–Kier alpha value is -3.64. The predicted octanol–water partition coefficient (Wildman–Crippen LogP) is 5.33. The van der Waals surface area contributed by atoms with Gasteiger partial charge in [0, 0.05) is 16.9 Å². The number of amides is 2. The minimum atomic E-state index is -4.45. The Bertz CT molecular complexity index is 1090. The van der Waals surface area contributed by atoms with Gasteiger partial charge < -0.3 is 10.6 Å². The van der Waals surface area contributed by atoms with Gasteiger partial charge in [0.05, 0.1) is 11.3 Å². The van der Waals surface area contributed by atoms with E-state index in [1.807, 2.05) is 6.07 Å². The van der Waals surface area contributed by atoms with Crippen molar-refractivity contribution < 1.29 is 18.0 Å². The summed E-state index contributed by atoms with van der Waals surface area (Å²) in [5.74, 6) is 0. The summed E-state index contributed by atoms with van der Waals surface area (Å²) < 4.78 is 37.8. The van der Waals surface area contributed by atoms with E-state index in [-0.39, 0.29) is 16.4 Å². The standard InChI is InChI=1S/C19H11ClF3N5O/c20-17-15(9-24)16(25-10-26-17)11-2-1-3-14(8-11)28-18(29)27-13-6-4-12(5-7-13)19(21,22)23/h1-8,10H,(H2,27,28,29). The Morgan fingerprint density at radius 2 is 1.72 bits per heavy atom. The van der Waals surface area contributed by atoms with Crippen molar-refractivity contribution in [2.75, 3.05) is 10.6 Å². The molecular formula is C19H11ClF3N5O. The van der Waals surface area contributed by atoms with Crippen LogP contribution >= 0.6 is 11.6 Å². The highest BCUT2D eigenvalue weighted by molar-refractivity contribution is 6.30. The normalized spacial score (nSPS) is 10.9. The lowest BCUT2D eigenvalue weighted by Gasteiger charge is -2.11. The topological polar surface area (TPSA) is 90.7 Å². The molecule has 1 heterocycles. The second-order valence-corrected chi connectivity index (χ2v) is 6.09. The van der Waals surface area contributed by atoms with Gasteiger partial charge in [0.15, 0.2) is 5.15 Å². The van der Waals surface area contributed by atoms with Gasteiger partial charge in [-0.25, -0.2) is 14.8 Å². The van der Waals surface area contributed by atoms with E-state index in [9.17, 15) is 23.2 Å². The molecule has 0 saturated heterocycles. The molecule has 3 aromatic rings. The second-order valence-electron chi connectivity index (χ2n) is 5.73. The van der Waals surface area contributed by atoms with Crippen LogP contribution < -0.4 is 10.6 Å². The number of nitrogens with one attached hydrogen (secondary N) is 2. The van der Waals surface area contributed by atoms with E-state index in [1.165, 1.54) is 6.33 Å². The lowest BCUT2D eigenvalue weighted by molar-refractivity contribution is -0.137. The summed E-state index contributed by atoms with van der Waals surface area (Å²) in [4.78, 5) is 20.0. The Labute approximate surface area is 168 Å². The van der Waals surface area contributed by atoms with Crippen molar-refractivity contribution in [2.45, 2.75) is 6.18 Å². The number of hydrogen-bond acceptors (Lipinski definition) is 4. The lowest BCUT2D eigenvalue weighted by Crippen LogP contribution is -2.19. The van der Waals surface area contributed by atoms with Gasteiger partial charge in [0.2, 0.25) is 0 Å². The average Bonchev–Trinajstić information content (AvgIpc) is 2.67. The van der Waals surface area contributed by atoms with Gasteiger partial charge in [-0.1, -0.05) is 23.7 Å². The first kappa shape index (κ1) is 20.1. The summed E-state index contributed by atoms with van der Waals surface area (Å²) in [5.41, 5.74) is 0.692. The molecule has 6 nitrogen and oxygen atoms in total. The highest BCUT2D eigenvalue weighted by Crippen LogP contribution is 2.30. The van der Waals surface area contributed by atoms with Crippen molar-refractivity contribution in [2.24, 2.45) is 0 Å². The number of benzene rings is 2. The van der Waals surface area contributed by atoms with Gasteiger partial charge in [-0.15, -0.1) is 0 Å². The SMILES string of the molecule is N#Cc1c(Cl)ncnc1-c1cccc(NC(=O)Nc2ccc(C(F)(F)F)cc2)c1. The summed E-state index contributed by atoms with van der Waals surface area (Å²) >= 11 is 5.91. The van der Waals surface area contributed by atoms with E-state index >= 15 is 0 Å². The first-order valence-corrected chi connectivity index (χ1v) is 8.42. The van der Waals surface area contributed by atoms with Crippen LogP contribution in [-0.4, -0.2) is 16.0 Å². The van der Waals surface area contributed by atoms with E-state index in [1.54, 1.807) is 24.3 Å². The van der Waals surface area contributed by atoms with Crippen LogP contribution in [-0.2, 0) is 6.18 Å². The molecular weight excluding hydrogens is 407 g/mol. The molecule has 2 aromatic carbocycles. The third-order valence-corrected chi connectivity index (χ3v) is 4.06. The second kappa shape index (κ2) is 8.16. The molecule has 2 amide bonds. The van der Waals surface area contributed by atoms with E-state index in [0.717, 1.165) is 24.3 Å². The van der Waals surface area contributed by atoms with Gasteiger partial charge in [-0.2, -0.15) is 18.4 Å². The Kier molecular flexibility index (Phi) is 5.66. The quantitative estimate of drug-likeness (QED) is 0.563. The predicted molar refractivity (Wildman–Crippen MR) is 101 cm³/mol. The van der Waals surface area contributed by atoms with Gasteiger partial charge >= 0.3 is 12.2 Å². The van der Waals surface area contributed by atoms with Gasteiger partial charge in [0.25, 0.3) is 0 Å². The van der Waals surface area contributed by atoms with Gasteiger partial charge in [0.1, 0.15) is 18.0 Å². The van der Waals surface area contributed by atoms with Crippen molar-refractivity contribution in [3.8, 4) is 17.3 Å². The van der Waals surface area contributed by atoms with E-state index in [0.29, 0.717) is 16.9 Å². The van der Waals surface area contributed by atoms with Gasteiger partial charge in [-0.05, 0) is 36.4 Å². The maximum absolute atomic E-state index is 12.6. The molecule has 146 valence electrons. The smallest absolute Gasteiger partial charge is 0.308 e. The third kappa shape index (κ3) is 4.80. The summed E-state index contributed by atoms with van der Waals surface area (Å²) in [5, 5.41) is 14.3. The molecule has 0 fully saturated rings. The van der Waals surface area contributed by atoms with Crippen molar-refractivity contribution in [3.63, 3.8) is 0 Å². The number of urea groups is 1. The first-order chi connectivity index (χ1) is 13.8. The molecule has 0 saturated carbocycles. The van der Waals surface area contributed by atoms with Crippen LogP contribution in [0.1, 0.15) is 11.1 Å². The first-order valence-electron chi connectivity index (χ1n) is 8.04. The van der Waals surface area contributed by atoms with Crippen LogP contribution in [0.5, 0.6) is 0 Å². The minimum Gasteiger partial charge on any atom is -0.308 e. The zero-order valence-electron chi connectivity index (χ0n) is 14.5. The molecule has 3 rings (SSSR count). The molecule has 2 N–H and O–H groups in total. The lowest BCUT2D eigenvalue weighted by atomic mass is 10.1. The minimum absolute atomic E-state index is 0.0101. The summed E-state index contributed by atoms with van der Waals surface area (Å²) in [7, 11) is 0. The maximum Gasteiger partial charge on any atom is 0.416 e. The fourth-order valence-electron chi connectivity index (χ4n) is 2.46. The van der Waals surface area contributed by atoms with Crippen molar-refractivity contribution in [3.05, 3.63) is 71.1 Å². The molecule has 1 aromatic heterocycles. The number of anilines is 2. The van der Waals surface area contributed by atoms with Crippen LogP contribution in [0, 0.1) is 11.3 Å². The zero-order chi connectivity index (χ0) is 21.0. The van der Waals surface area contributed by atoms with Crippen molar-refractivity contribution >= 4 is 29.0 Å². The molecule has 0 aliphatic carbocycles. The van der Waals surface area contributed by atoms with E-state index in [4.69, 9.17) is 11.6 Å². The van der Waals surface area contributed by atoms with E-state index in [2.05, 4.69) is 20.6 Å². The molecule has 0 bridgehead atoms. The van der Waals surface area contributed by atoms with Gasteiger partial charge in [-0.3, -0.25) is 0 Å². The van der Waals surface area contributed by atoms with Crippen molar-refractivity contribution in [1.29, 1.82) is 5.26 Å². The Balaban J connectivity index is 1.75. The number of hydrogen-bond donors (Lipinski definition) is 2. The van der Waals surface area contributed by atoms with Crippen LogP contribution in [0.25, 0.3) is 11.3 Å². The van der Waals surface area contributed by atoms with Crippen LogP contribution in [0.2, 0.25) is 5.15 Å². The molecule has 29 heavy (non-hydrogen) atoms. The number of nitriles is 1. The molecule has 0 aliphatic rings. The molecule has 0 spiro atoms. The van der Waals surface area contributed by atoms with Crippen molar-refractivity contribution in [1.82, 2.24) is 9.97 Å². The highest BCUT2D eigenvalue weighted by Gasteiger charge is 2.30. The zero-order valence-corrected chi connectivity index (χ0v) is 15.2. The average molecular weight is 418 g/mol. The number of alkyl halides is 3. The fraction of sp³-hybridized carbons (Fsp3) is 0.0526. The Morgan fingerprint density at radius 3 is 2.38 bits per heavy atom. The fourth-order valence-corrected chi connectivity index (χ4v) is 2.64. The number of aromatic nitrogens is 2. The molecule has 0 unspecified atom stereocenters. The molecule has 10 heteroatoms. The Morgan fingerprint density at radius 1 is 1.03 bits per heavy atom. The maximum atomic E-state index is 12.6. The summed E-state index contributed by atoms with van der Waals surface area (Å²) in [6.45, 7) is 0. The van der Waals surface area contributed by atoms with E-state index < -0.39 is 17.8 Å². The molecule has 0 radical (unpaired) electrons. The van der Waals surface area contributed by atoms with Crippen LogP contribution in [0.3, 0.4) is 0 Å². The van der Waals surface area contributed by atoms with Crippen LogP contribution in [0.15, 0.2) is 54.9 Å². The number of carbonyl (C=O) groups excluding carboxylic acids is 1. The molecule has 0 aliphatic heterocycles. The van der Waals surface area contributed by atoms with Crippen LogP contribution in [0.4, 0.5) is 29.3 Å². The summed E-state index contributed by atoms with van der Waals surface area (Å²) in [6.07, 6.45) is -3.23. The highest BCUT2D eigenvalue weighted by atomic mass is 35.5. The molecule has 0 atom stereocenters. The number of carbonyl (C=O) groups is 1. The number of rotatable bonds is 3. The number of nitrogens with zero attached hydrogens (tertiary/aromatic N) is 3. The third-order valence-electron chi connectivity index (χ3n) is 3.78.